The van der Waals surface area contributed by atoms with E-state index in [0.29, 0.717) is 25.3 Å². The maximum Gasteiger partial charge on any atom is 0.359 e. The van der Waals surface area contributed by atoms with E-state index in [-0.39, 0.29) is 12.1 Å². The highest BCUT2D eigenvalue weighted by atomic mass is 16.5. The first-order valence-electron chi connectivity index (χ1n) is 5.57. The fourth-order valence-electron chi connectivity index (χ4n) is 1.92. The lowest BCUT2D eigenvalue weighted by molar-refractivity contribution is 0.0516. The summed E-state index contributed by atoms with van der Waals surface area (Å²) in [6, 6.07) is 0. The van der Waals surface area contributed by atoms with Crippen LogP contribution in [0.25, 0.3) is 0 Å². The van der Waals surface area contributed by atoms with Gasteiger partial charge in [-0.05, 0) is 13.8 Å². The van der Waals surface area contributed by atoms with E-state index >= 15 is 0 Å². The van der Waals surface area contributed by atoms with E-state index in [0.717, 1.165) is 17.7 Å². The van der Waals surface area contributed by atoms with Gasteiger partial charge in [-0.15, -0.1) is 0 Å². The topological polar surface area (TPSA) is 64.2 Å². The molecule has 2 heterocycles. The number of hydrogen-bond acceptors (Lipinski definition) is 4. The second kappa shape index (κ2) is 4.65. The molecule has 0 bridgehead atoms. The van der Waals surface area contributed by atoms with E-state index in [1.165, 1.54) is 0 Å². The van der Waals surface area contributed by atoms with Crippen molar-refractivity contribution in [2.24, 2.45) is 0 Å². The smallest absolute Gasteiger partial charge is 0.359 e. The molecule has 2 rings (SSSR count). The summed E-state index contributed by atoms with van der Waals surface area (Å²) in [5, 5.41) is 6.94. The third-order valence-corrected chi connectivity index (χ3v) is 2.67. The third-order valence-electron chi connectivity index (χ3n) is 2.67. The van der Waals surface area contributed by atoms with Crippen LogP contribution in [0.1, 0.15) is 35.6 Å². The quantitative estimate of drug-likeness (QED) is 0.764. The van der Waals surface area contributed by atoms with Crippen LogP contribution in [0.3, 0.4) is 0 Å². The molecule has 1 unspecified atom stereocenters. The summed E-state index contributed by atoms with van der Waals surface area (Å²) in [7, 11) is 0. The molecule has 0 amide bonds. The van der Waals surface area contributed by atoms with Gasteiger partial charge in [0.2, 0.25) is 0 Å². The van der Waals surface area contributed by atoms with Crippen LogP contribution >= 0.6 is 0 Å². The van der Waals surface area contributed by atoms with Crippen LogP contribution in [0.15, 0.2) is 0 Å². The van der Waals surface area contributed by atoms with Gasteiger partial charge >= 0.3 is 5.97 Å². The van der Waals surface area contributed by atoms with E-state index in [9.17, 15) is 4.79 Å². The van der Waals surface area contributed by atoms with Gasteiger partial charge in [-0.2, -0.15) is 5.10 Å². The molecule has 0 aliphatic carbocycles. The molecule has 0 fully saturated rings. The van der Waals surface area contributed by atoms with Crippen LogP contribution in [-0.2, 0) is 22.3 Å². The van der Waals surface area contributed by atoms with Crippen molar-refractivity contribution in [2.75, 3.05) is 13.2 Å². The summed E-state index contributed by atoms with van der Waals surface area (Å²) in [5.74, 6) is -0.352. The van der Waals surface area contributed by atoms with Crippen molar-refractivity contribution < 1.29 is 14.3 Å². The normalized spacial score (nSPS) is 20.0. The molecular formula is C11H16N2O3. The maximum atomic E-state index is 11.6. The molecule has 88 valence electrons. The highest BCUT2D eigenvalue weighted by Gasteiger charge is 2.23. The zero-order chi connectivity index (χ0) is 11.5. The lowest BCUT2D eigenvalue weighted by atomic mass is 10.1. The molecule has 0 spiro atoms. The van der Waals surface area contributed by atoms with Crippen LogP contribution < -0.4 is 0 Å². The Hall–Kier alpha value is -1.36. The van der Waals surface area contributed by atoms with Crippen LogP contribution in [0.4, 0.5) is 0 Å². The van der Waals surface area contributed by atoms with Gasteiger partial charge in [0.25, 0.3) is 0 Å². The molecule has 0 saturated carbocycles. The zero-order valence-electron chi connectivity index (χ0n) is 9.58. The van der Waals surface area contributed by atoms with Gasteiger partial charge < -0.3 is 9.47 Å². The molecule has 1 aromatic heterocycles. The summed E-state index contributed by atoms with van der Waals surface area (Å²) in [6.45, 7) is 4.79. The first-order chi connectivity index (χ1) is 7.72. The van der Waals surface area contributed by atoms with Gasteiger partial charge in [0.15, 0.2) is 5.69 Å². The molecule has 1 aliphatic rings. The number of carbonyl (C=O) groups excluding carboxylic acids is 1. The van der Waals surface area contributed by atoms with Gasteiger partial charge in [-0.1, -0.05) is 0 Å². The van der Waals surface area contributed by atoms with Gasteiger partial charge in [0.05, 0.1) is 19.3 Å². The Morgan fingerprint density at radius 1 is 1.69 bits per heavy atom. The van der Waals surface area contributed by atoms with Crippen LogP contribution in [0.2, 0.25) is 0 Å². The molecule has 0 aromatic carbocycles. The number of rotatable bonds is 2. The lowest BCUT2D eigenvalue weighted by Gasteiger charge is -2.06. The Morgan fingerprint density at radius 2 is 2.50 bits per heavy atom. The van der Waals surface area contributed by atoms with E-state index < -0.39 is 0 Å². The summed E-state index contributed by atoms with van der Waals surface area (Å²) in [4.78, 5) is 11.6. The molecule has 1 N–H and O–H groups in total. The molecule has 5 nitrogen and oxygen atoms in total. The molecule has 1 aromatic rings. The molecule has 0 saturated heterocycles. The molecule has 1 atom stereocenters. The van der Waals surface area contributed by atoms with Crippen LogP contribution in [-0.4, -0.2) is 35.5 Å². The maximum absolute atomic E-state index is 11.6. The minimum Gasteiger partial charge on any atom is -0.461 e. The van der Waals surface area contributed by atoms with Crippen molar-refractivity contribution in [2.45, 2.75) is 32.8 Å². The average Bonchev–Trinajstić information content (AvgIpc) is 2.53. The second-order valence-electron chi connectivity index (χ2n) is 3.89. The van der Waals surface area contributed by atoms with Gasteiger partial charge in [0, 0.05) is 24.1 Å². The number of esters is 1. The summed E-state index contributed by atoms with van der Waals surface area (Å²) in [6.07, 6.45) is 1.64. The Balaban J connectivity index is 2.26. The summed E-state index contributed by atoms with van der Waals surface area (Å²) in [5.41, 5.74) is 2.35. The molecule has 0 radical (unpaired) electrons. The highest BCUT2D eigenvalue weighted by Crippen LogP contribution is 2.19. The lowest BCUT2D eigenvalue weighted by Crippen LogP contribution is -2.10. The van der Waals surface area contributed by atoms with Crippen molar-refractivity contribution in [3.05, 3.63) is 17.0 Å². The number of fused-ring (bicyclic) bond motifs is 1. The molecule has 5 heteroatoms. The average molecular weight is 224 g/mol. The number of aromatic amines is 1. The number of hydrogen-bond donors (Lipinski definition) is 1. The second-order valence-corrected chi connectivity index (χ2v) is 3.89. The van der Waals surface area contributed by atoms with Crippen molar-refractivity contribution in [3.63, 3.8) is 0 Å². The number of carbonyl (C=O) groups is 1. The first kappa shape index (κ1) is 11.1. The monoisotopic (exact) mass is 224 g/mol. The minimum absolute atomic E-state index is 0.164. The first-order valence-corrected chi connectivity index (χ1v) is 5.57. The minimum atomic E-state index is -0.352. The Morgan fingerprint density at radius 3 is 3.25 bits per heavy atom. The molecular weight excluding hydrogens is 208 g/mol. The van der Waals surface area contributed by atoms with Crippen molar-refractivity contribution in [1.82, 2.24) is 10.2 Å². The van der Waals surface area contributed by atoms with Crippen molar-refractivity contribution in [1.29, 1.82) is 0 Å². The predicted molar refractivity (Wildman–Crippen MR) is 57.4 cm³/mol. The summed E-state index contributed by atoms with van der Waals surface area (Å²) < 4.78 is 10.5. The number of nitrogens with zero attached hydrogens (tertiary/aromatic N) is 1. The zero-order valence-corrected chi connectivity index (χ0v) is 9.58. The third kappa shape index (κ3) is 2.09. The largest absolute Gasteiger partial charge is 0.461 e. The van der Waals surface area contributed by atoms with Gasteiger partial charge in [-0.25, -0.2) is 4.79 Å². The van der Waals surface area contributed by atoms with Gasteiger partial charge in [0.1, 0.15) is 0 Å². The molecule has 1 aliphatic heterocycles. The fraction of sp³-hybridized carbons (Fsp3) is 0.636. The van der Waals surface area contributed by atoms with Crippen LogP contribution in [0, 0.1) is 0 Å². The fourth-order valence-corrected chi connectivity index (χ4v) is 1.92. The summed E-state index contributed by atoms with van der Waals surface area (Å²) >= 11 is 0. The van der Waals surface area contributed by atoms with Crippen molar-refractivity contribution in [3.8, 4) is 0 Å². The Bertz CT molecular complexity index is 387. The van der Waals surface area contributed by atoms with Gasteiger partial charge in [-0.3, -0.25) is 5.10 Å². The van der Waals surface area contributed by atoms with Crippen molar-refractivity contribution >= 4 is 5.97 Å². The Kier molecular flexibility index (Phi) is 3.24. The standard InChI is InChI=1S/C11H16N2O3/c1-3-15-11(14)10-8-4-5-16-7(2)6-9(8)12-13-10/h7H,3-6H2,1-2H3,(H,12,13). The Labute approximate surface area is 94.1 Å². The number of aromatic nitrogens is 2. The predicted octanol–water partition coefficient (Wildman–Crippen LogP) is 1.09. The van der Waals surface area contributed by atoms with E-state index in [1.54, 1.807) is 6.92 Å². The number of H-pyrrole nitrogens is 1. The number of ether oxygens (including phenoxy) is 2. The highest BCUT2D eigenvalue weighted by molar-refractivity contribution is 5.89. The van der Waals surface area contributed by atoms with E-state index in [1.807, 2.05) is 6.92 Å². The molecule has 16 heavy (non-hydrogen) atoms. The SMILES string of the molecule is CCOC(=O)c1n[nH]c2c1CCOC(C)C2. The number of nitrogens with one attached hydrogen (secondary N) is 1. The van der Waals surface area contributed by atoms with Crippen LogP contribution in [0.5, 0.6) is 0 Å². The van der Waals surface area contributed by atoms with E-state index in [2.05, 4.69) is 10.2 Å². The van der Waals surface area contributed by atoms with E-state index in [4.69, 9.17) is 9.47 Å².